The molecule has 118 valence electrons. The lowest BCUT2D eigenvalue weighted by Crippen LogP contribution is -2.49. The van der Waals surface area contributed by atoms with E-state index >= 15 is 0 Å². The fourth-order valence-electron chi connectivity index (χ4n) is 3.06. The van der Waals surface area contributed by atoms with E-state index in [-0.39, 0.29) is 0 Å². The summed E-state index contributed by atoms with van der Waals surface area (Å²) < 4.78 is 0.960. The molecule has 0 unspecified atom stereocenters. The van der Waals surface area contributed by atoms with Gasteiger partial charge in [-0.3, -0.25) is 9.69 Å². The van der Waals surface area contributed by atoms with Crippen LogP contribution in [0.15, 0.2) is 0 Å². The monoisotopic (exact) mass is 283 g/mol. The summed E-state index contributed by atoms with van der Waals surface area (Å²) in [5, 5.41) is 0. The Hall–Kier alpha value is -0.570. The number of hydrogen-bond donors (Lipinski definition) is 0. The maximum Gasteiger partial charge on any atom is 0.226 e. The van der Waals surface area contributed by atoms with Crippen molar-refractivity contribution in [2.45, 2.75) is 71.1 Å². The minimum absolute atomic E-state index is 0.354. The van der Waals surface area contributed by atoms with E-state index < -0.39 is 0 Å². The van der Waals surface area contributed by atoms with Crippen LogP contribution < -0.4 is 0 Å². The van der Waals surface area contributed by atoms with E-state index in [0.29, 0.717) is 5.91 Å². The largest absolute Gasteiger partial charge is 0.311 e. The highest BCUT2D eigenvalue weighted by Gasteiger charge is 2.26. The average molecular weight is 283 g/mol. The van der Waals surface area contributed by atoms with E-state index in [1.807, 2.05) is 4.90 Å². The van der Waals surface area contributed by atoms with Crippen molar-refractivity contribution in [3.05, 3.63) is 0 Å². The van der Waals surface area contributed by atoms with Crippen LogP contribution in [0.25, 0.3) is 0 Å². The quantitative estimate of drug-likeness (QED) is 0.417. The number of carbonyl (C=O) groups is 1. The second-order valence-corrected chi connectivity index (χ2v) is 7.04. The van der Waals surface area contributed by atoms with Crippen molar-refractivity contribution in [2.24, 2.45) is 0 Å². The summed E-state index contributed by atoms with van der Waals surface area (Å²) >= 11 is 0. The van der Waals surface area contributed by atoms with Crippen molar-refractivity contribution in [1.82, 2.24) is 4.90 Å². The highest BCUT2D eigenvalue weighted by Crippen LogP contribution is 2.14. The van der Waals surface area contributed by atoms with Crippen LogP contribution in [-0.4, -0.2) is 49.1 Å². The third-order valence-corrected chi connectivity index (χ3v) is 4.34. The lowest BCUT2D eigenvalue weighted by atomic mass is 10.1. The molecule has 0 aliphatic carbocycles. The molecule has 1 rings (SSSR count). The van der Waals surface area contributed by atoms with Crippen LogP contribution in [0.1, 0.15) is 71.1 Å². The zero-order valence-corrected chi connectivity index (χ0v) is 14.0. The van der Waals surface area contributed by atoms with Gasteiger partial charge < -0.3 is 4.48 Å². The Balaban J connectivity index is 2.03. The number of unbranched alkanes of at least 4 members (excludes halogenated alkanes) is 7. The van der Waals surface area contributed by atoms with E-state index in [1.54, 1.807) is 0 Å². The van der Waals surface area contributed by atoms with Crippen molar-refractivity contribution in [3.8, 4) is 0 Å². The Morgan fingerprint density at radius 2 is 1.60 bits per heavy atom. The lowest BCUT2D eigenvalue weighted by molar-refractivity contribution is -0.899. The average Bonchev–Trinajstić information content (AvgIpc) is 2.77. The van der Waals surface area contributed by atoms with E-state index in [2.05, 4.69) is 21.0 Å². The molecule has 1 heterocycles. The Labute approximate surface area is 125 Å². The predicted molar refractivity (Wildman–Crippen MR) is 85.4 cm³/mol. The first-order valence-corrected chi connectivity index (χ1v) is 8.65. The molecular formula is C17H35N2O+. The maximum atomic E-state index is 11.7. The summed E-state index contributed by atoms with van der Waals surface area (Å²) in [5.41, 5.74) is 0. The highest BCUT2D eigenvalue weighted by atomic mass is 16.2. The molecule has 0 aromatic carbocycles. The molecule has 20 heavy (non-hydrogen) atoms. The van der Waals surface area contributed by atoms with Crippen LogP contribution in [0.5, 0.6) is 0 Å². The van der Waals surface area contributed by atoms with Gasteiger partial charge in [0.1, 0.15) is 0 Å². The summed E-state index contributed by atoms with van der Waals surface area (Å²) in [6.07, 6.45) is 12.8. The number of carbonyl (C=O) groups excluding carboxylic acids is 1. The number of likely N-dealkylation sites (tertiary alicyclic amines) is 1. The van der Waals surface area contributed by atoms with E-state index in [0.717, 1.165) is 30.5 Å². The van der Waals surface area contributed by atoms with Gasteiger partial charge in [-0.1, -0.05) is 45.4 Å². The molecule has 1 saturated heterocycles. The van der Waals surface area contributed by atoms with Crippen molar-refractivity contribution in [2.75, 3.05) is 33.9 Å². The molecule has 0 atom stereocenters. The third-order valence-electron chi connectivity index (χ3n) is 4.34. The van der Waals surface area contributed by atoms with Crippen LogP contribution in [0, 0.1) is 0 Å². The van der Waals surface area contributed by atoms with Gasteiger partial charge in [-0.25, -0.2) is 0 Å². The number of quaternary nitrogens is 1. The van der Waals surface area contributed by atoms with Gasteiger partial charge in [0, 0.05) is 13.0 Å². The SMILES string of the molecule is CCCCCCCCCC[N+](C)(C)CN1CCCC1=O. The summed E-state index contributed by atoms with van der Waals surface area (Å²) in [6, 6.07) is 0. The van der Waals surface area contributed by atoms with E-state index in [1.165, 1.54) is 57.9 Å². The smallest absolute Gasteiger partial charge is 0.226 e. The van der Waals surface area contributed by atoms with Crippen molar-refractivity contribution < 1.29 is 9.28 Å². The molecule has 3 nitrogen and oxygen atoms in total. The van der Waals surface area contributed by atoms with Crippen LogP contribution in [0.4, 0.5) is 0 Å². The first-order valence-electron chi connectivity index (χ1n) is 8.65. The van der Waals surface area contributed by atoms with Gasteiger partial charge in [0.15, 0.2) is 6.67 Å². The number of amides is 1. The zero-order chi connectivity index (χ0) is 14.8. The highest BCUT2D eigenvalue weighted by molar-refractivity contribution is 5.77. The Morgan fingerprint density at radius 3 is 2.15 bits per heavy atom. The van der Waals surface area contributed by atoms with E-state index in [4.69, 9.17) is 0 Å². The van der Waals surface area contributed by atoms with Crippen LogP contribution >= 0.6 is 0 Å². The standard InChI is InChI=1S/C17H35N2O/c1-4-5-6-7-8-9-10-11-15-19(2,3)16-18-14-12-13-17(18)20/h4-16H2,1-3H3/q+1. The first kappa shape index (κ1) is 17.5. The molecule has 3 heteroatoms. The van der Waals surface area contributed by atoms with Gasteiger partial charge in [0.2, 0.25) is 5.91 Å². The minimum atomic E-state index is 0.354. The summed E-state index contributed by atoms with van der Waals surface area (Å²) in [7, 11) is 4.51. The van der Waals surface area contributed by atoms with Crippen molar-refractivity contribution >= 4 is 5.91 Å². The molecule has 0 aromatic heterocycles. The maximum absolute atomic E-state index is 11.7. The van der Waals surface area contributed by atoms with Gasteiger partial charge in [-0.15, -0.1) is 0 Å². The number of hydrogen-bond acceptors (Lipinski definition) is 1. The first-order chi connectivity index (χ1) is 9.55. The zero-order valence-electron chi connectivity index (χ0n) is 14.0. The number of rotatable bonds is 11. The third kappa shape index (κ3) is 7.28. The van der Waals surface area contributed by atoms with Crippen LogP contribution in [0.3, 0.4) is 0 Å². The van der Waals surface area contributed by atoms with Crippen LogP contribution in [0.2, 0.25) is 0 Å². The van der Waals surface area contributed by atoms with Gasteiger partial charge in [-0.05, 0) is 19.3 Å². The Bertz CT molecular complexity index is 276. The molecule has 1 aliphatic heterocycles. The van der Waals surface area contributed by atoms with Gasteiger partial charge in [0.25, 0.3) is 0 Å². The van der Waals surface area contributed by atoms with Crippen molar-refractivity contribution in [1.29, 1.82) is 0 Å². The second-order valence-electron chi connectivity index (χ2n) is 7.04. The molecular weight excluding hydrogens is 248 g/mol. The fourth-order valence-corrected chi connectivity index (χ4v) is 3.06. The Morgan fingerprint density at radius 1 is 1.00 bits per heavy atom. The molecule has 0 aromatic rings. The topological polar surface area (TPSA) is 20.3 Å². The normalized spacial score (nSPS) is 16.1. The Kier molecular flexibility index (Phi) is 8.20. The molecule has 1 fully saturated rings. The summed E-state index contributed by atoms with van der Waals surface area (Å²) in [5.74, 6) is 0.354. The fraction of sp³-hybridized carbons (Fsp3) is 0.941. The molecule has 0 spiro atoms. The van der Waals surface area contributed by atoms with Gasteiger partial charge >= 0.3 is 0 Å². The molecule has 0 saturated carbocycles. The van der Waals surface area contributed by atoms with Crippen molar-refractivity contribution in [3.63, 3.8) is 0 Å². The van der Waals surface area contributed by atoms with E-state index in [9.17, 15) is 4.79 Å². The molecule has 0 N–H and O–H groups in total. The van der Waals surface area contributed by atoms with Gasteiger partial charge in [-0.2, -0.15) is 0 Å². The predicted octanol–water partition coefficient (Wildman–Crippen LogP) is 3.78. The molecule has 1 aliphatic rings. The second kappa shape index (κ2) is 9.38. The summed E-state index contributed by atoms with van der Waals surface area (Å²) in [6.45, 7) is 5.33. The van der Waals surface area contributed by atoms with Gasteiger partial charge in [0.05, 0.1) is 20.6 Å². The number of nitrogens with zero attached hydrogens (tertiary/aromatic N) is 2. The summed E-state index contributed by atoms with van der Waals surface area (Å²) in [4.78, 5) is 13.7. The molecule has 1 amide bonds. The van der Waals surface area contributed by atoms with Crippen LogP contribution in [-0.2, 0) is 4.79 Å². The molecule has 0 radical (unpaired) electrons. The molecule has 0 bridgehead atoms. The lowest BCUT2D eigenvalue weighted by Gasteiger charge is -2.33. The minimum Gasteiger partial charge on any atom is -0.311 e.